The smallest absolute Gasteiger partial charge is 0.407 e. The second kappa shape index (κ2) is 16.8. The van der Waals surface area contributed by atoms with Gasteiger partial charge in [-0.1, -0.05) is 65.2 Å². The second-order valence-electron chi connectivity index (χ2n) is 13.7. The van der Waals surface area contributed by atoms with Crippen molar-refractivity contribution in [1.29, 1.82) is 0 Å². The Morgan fingerprint density at radius 2 is 1.87 bits per heavy atom. The molecular formula is C38H42BrF2N5O8. The number of aliphatic hydroxyl groups excluding tert-OH is 1. The molecule has 6 rings (SSSR count). The van der Waals surface area contributed by atoms with Crippen LogP contribution >= 0.6 is 15.9 Å². The largest absolute Gasteiger partial charge is 0.471 e. The summed E-state index contributed by atoms with van der Waals surface area (Å²) >= 11 is 3.51. The fourth-order valence-electron chi connectivity index (χ4n) is 6.84. The highest BCUT2D eigenvalue weighted by Gasteiger charge is 2.62. The molecule has 13 nitrogen and oxygen atoms in total. The molecule has 288 valence electrons. The highest BCUT2D eigenvalue weighted by Crippen LogP contribution is 2.46. The SMILES string of the molecule is CCOC(=O)[C@@]12C[C@H]1/C=C\CCCCC[C@H](NC(=O)OCC(F)(F)CO)C(=O)N1C[C@H](Oc3nc4ccccc4nc3-c3cccc(Br)c3)C[C@H]1C(=O)N2. The lowest BCUT2D eigenvalue weighted by Crippen LogP contribution is -2.56. The van der Waals surface area contributed by atoms with Crippen LogP contribution in [0.25, 0.3) is 22.3 Å². The van der Waals surface area contributed by atoms with Crippen LogP contribution in [-0.4, -0.2) is 99.9 Å². The van der Waals surface area contributed by atoms with Gasteiger partial charge in [-0.2, -0.15) is 0 Å². The third kappa shape index (κ3) is 8.97. The van der Waals surface area contributed by atoms with Crippen molar-refractivity contribution in [1.82, 2.24) is 25.5 Å². The van der Waals surface area contributed by atoms with Crippen LogP contribution in [0.2, 0.25) is 0 Å². The molecule has 2 aliphatic heterocycles. The summed E-state index contributed by atoms with van der Waals surface area (Å²) in [5.41, 5.74) is 1.02. The number of benzene rings is 2. The molecule has 3 aliphatic rings. The molecule has 2 fully saturated rings. The summed E-state index contributed by atoms with van der Waals surface area (Å²) < 4.78 is 44.7. The number of aromatic nitrogens is 2. The highest BCUT2D eigenvalue weighted by atomic mass is 79.9. The number of nitrogens with one attached hydrogen (secondary N) is 2. The van der Waals surface area contributed by atoms with Gasteiger partial charge in [-0.3, -0.25) is 9.59 Å². The molecular weight excluding hydrogens is 772 g/mol. The molecule has 1 aliphatic carbocycles. The van der Waals surface area contributed by atoms with Gasteiger partial charge in [-0.25, -0.2) is 28.3 Å². The molecule has 3 heterocycles. The summed E-state index contributed by atoms with van der Waals surface area (Å²) in [6, 6.07) is 12.3. The number of carbonyl (C=O) groups excluding carboxylic acids is 4. The Balaban J connectivity index is 1.33. The summed E-state index contributed by atoms with van der Waals surface area (Å²) in [4.78, 5) is 65.6. The number of carbonyl (C=O) groups is 4. The van der Waals surface area contributed by atoms with Gasteiger partial charge in [0.15, 0.2) is 6.61 Å². The topological polar surface area (TPSA) is 169 Å². The maximum Gasteiger partial charge on any atom is 0.407 e. The minimum absolute atomic E-state index is 0.0106. The average Bonchev–Trinajstić information content (AvgIpc) is 3.69. The summed E-state index contributed by atoms with van der Waals surface area (Å²) in [7, 11) is 0. The molecule has 1 aromatic heterocycles. The normalized spacial score (nSPS) is 25.3. The number of amides is 3. The Morgan fingerprint density at radius 1 is 1.09 bits per heavy atom. The molecule has 0 unspecified atom stereocenters. The average molecular weight is 815 g/mol. The van der Waals surface area contributed by atoms with Crippen molar-refractivity contribution in [2.45, 2.75) is 81.5 Å². The Bertz CT molecular complexity index is 1920. The van der Waals surface area contributed by atoms with E-state index in [9.17, 15) is 28.0 Å². The molecule has 0 bridgehead atoms. The van der Waals surface area contributed by atoms with E-state index < -0.39 is 66.7 Å². The van der Waals surface area contributed by atoms with Crippen molar-refractivity contribution in [2.24, 2.45) is 5.92 Å². The second-order valence-corrected chi connectivity index (χ2v) is 14.6. The molecule has 0 spiro atoms. The number of esters is 1. The van der Waals surface area contributed by atoms with Crippen LogP contribution in [0.1, 0.15) is 51.9 Å². The molecule has 54 heavy (non-hydrogen) atoms. The van der Waals surface area contributed by atoms with E-state index in [1.165, 1.54) is 4.90 Å². The maximum absolute atomic E-state index is 14.4. The van der Waals surface area contributed by atoms with E-state index in [1.807, 2.05) is 54.6 Å². The van der Waals surface area contributed by atoms with Gasteiger partial charge < -0.3 is 34.9 Å². The number of halogens is 3. The standard InChI is InChI=1S/C38H42BrF2N5O8/c1-2-52-35(50)38-19-24(38)12-6-4-3-5-7-16-29(44-36(51)53-22-37(40,41)21-47)34(49)46-20-26(18-30(46)32(48)45-38)54-33-31(23-11-10-13-25(39)17-23)42-27-14-8-9-15-28(27)43-33/h6,8-15,17,24,26,29-30,47H,2-5,7,16,18-22H2,1H3,(H,44,51)(H,45,48)/b12-6-/t24-,26-,29+,30+,38-/m1/s1. The van der Waals surface area contributed by atoms with Gasteiger partial charge >= 0.3 is 18.0 Å². The lowest BCUT2D eigenvalue weighted by molar-refractivity contribution is -0.150. The summed E-state index contributed by atoms with van der Waals surface area (Å²) in [6.07, 6.45) is 4.82. The first-order chi connectivity index (χ1) is 25.9. The van der Waals surface area contributed by atoms with Crippen LogP contribution < -0.4 is 15.4 Å². The van der Waals surface area contributed by atoms with Crippen LogP contribution in [0.4, 0.5) is 13.6 Å². The minimum atomic E-state index is -3.67. The van der Waals surface area contributed by atoms with Crippen molar-refractivity contribution in [3.63, 3.8) is 0 Å². The zero-order valence-corrected chi connectivity index (χ0v) is 31.2. The predicted octanol–water partition coefficient (Wildman–Crippen LogP) is 5.09. The summed E-state index contributed by atoms with van der Waals surface area (Å²) in [5, 5.41) is 14.2. The lowest BCUT2D eigenvalue weighted by atomic mass is 10.0. The third-order valence-corrected chi connectivity index (χ3v) is 10.2. The molecule has 16 heteroatoms. The first-order valence-corrected chi connectivity index (χ1v) is 18.8. The maximum atomic E-state index is 14.4. The molecule has 2 aromatic carbocycles. The highest BCUT2D eigenvalue weighted by molar-refractivity contribution is 9.10. The molecule has 1 saturated carbocycles. The molecule has 5 atom stereocenters. The van der Waals surface area contributed by atoms with E-state index in [4.69, 9.17) is 24.5 Å². The van der Waals surface area contributed by atoms with Gasteiger partial charge in [0.25, 0.3) is 0 Å². The number of allylic oxidation sites excluding steroid dienone is 1. The third-order valence-electron chi connectivity index (χ3n) is 9.73. The Labute approximate surface area is 319 Å². The zero-order valence-electron chi connectivity index (χ0n) is 29.6. The summed E-state index contributed by atoms with van der Waals surface area (Å²) in [5.74, 6) is -5.65. The number of hydrogen-bond donors (Lipinski definition) is 3. The van der Waals surface area contributed by atoms with Crippen molar-refractivity contribution in [2.75, 3.05) is 26.4 Å². The Morgan fingerprint density at radius 3 is 2.61 bits per heavy atom. The van der Waals surface area contributed by atoms with Crippen molar-refractivity contribution < 1.29 is 47.3 Å². The first kappa shape index (κ1) is 39.0. The number of para-hydroxylation sites is 2. The number of hydrogen-bond acceptors (Lipinski definition) is 10. The zero-order chi connectivity index (χ0) is 38.5. The van der Waals surface area contributed by atoms with Gasteiger partial charge in [0.1, 0.15) is 36.0 Å². The van der Waals surface area contributed by atoms with Gasteiger partial charge in [0, 0.05) is 22.4 Å². The quantitative estimate of drug-likeness (QED) is 0.196. The predicted molar refractivity (Wildman–Crippen MR) is 195 cm³/mol. The van der Waals surface area contributed by atoms with Crippen LogP contribution in [0.3, 0.4) is 0 Å². The van der Waals surface area contributed by atoms with Gasteiger partial charge in [-0.15, -0.1) is 0 Å². The molecule has 3 amide bonds. The van der Waals surface area contributed by atoms with E-state index >= 15 is 0 Å². The number of ether oxygens (including phenoxy) is 3. The monoisotopic (exact) mass is 813 g/mol. The first-order valence-electron chi connectivity index (χ1n) is 18.0. The number of nitrogens with zero attached hydrogens (tertiary/aromatic N) is 3. The Kier molecular flexibility index (Phi) is 12.1. The summed E-state index contributed by atoms with van der Waals surface area (Å²) in [6.45, 7) is -1.25. The van der Waals surface area contributed by atoms with Crippen LogP contribution in [0.5, 0.6) is 5.88 Å². The number of rotatable bonds is 9. The van der Waals surface area contributed by atoms with Gasteiger partial charge in [0.05, 0.1) is 24.2 Å². The lowest BCUT2D eigenvalue weighted by Gasteiger charge is -2.29. The van der Waals surface area contributed by atoms with Gasteiger partial charge in [-0.05, 0) is 56.9 Å². The molecule has 0 radical (unpaired) electrons. The number of alkyl halides is 2. The fourth-order valence-corrected chi connectivity index (χ4v) is 7.24. The van der Waals surface area contributed by atoms with E-state index in [0.29, 0.717) is 48.0 Å². The minimum Gasteiger partial charge on any atom is -0.471 e. The van der Waals surface area contributed by atoms with Crippen LogP contribution in [0, 0.1) is 5.92 Å². The fraction of sp³-hybridized carbons (Fsp3) is 0.474. The van der Waals surface area contributed by atoms with Crippen LogP contribution in [-0.2, 0) is 23.9 Å². The van der Waals surface area contributed by atoms with Crippen molar-refractivity contribution in [3.05, 3.63) is 65.2 Å². The molecule has 1 saturated heterocycles. The molecule has 3 aromatic rings. The number of fused-ring (bicyclic) bond motifs is 3. The van der Waals surface area contributed by atoms with E-state index in [0.717, 1.165) is 10.9 Å². The number of aliphatic hydroxyl groups is 1. The van der Waals surface area contributed by atoms with Crippen LogP contribution in [0.15, 0.2) is 65.2 Å². The van der Waals surface area contributed by atoms with Crippen molar-refractivity contribution in [3.8, 4) is 17.1 Å². The Hall–Kier alpha value is -4.70. The van der Waals surface area contributed by atoms with Crippen molar-refractivity contribution >= 4 is 50.8 Å². The van der Waals surface area contributed by atoms with E-state index in [2.05, 4.69) is 31.3 Å². The van der Waals surface area contributed by atoms with E-state index in [1.54, 1.807) is 13.0 Å². The molecule has 3 N–H and O–H groups in total. The van der Waals surface area contributed by atoms with E-state index in [-0.39, 0.29) is 37.8 Å². The number of alkyl carbamates (subject to hydrolysis) is 1. The van der Waals surface area contributed by atoms with Gasteiger partial charge in [0.2, 0.25) is 17.7 Å².